The Morgan fingerprint density at radius 1 is 0.977 bits per heavy atom. The molecule has 0 saturated carbocycles. The van der Waals surface area contributed by atoms with E-state index in [0.717, 1.165) is 54.3 Å². The molecule has 12 heteroatoms. The Bertz CT molecular complexity index is 1710. The molecule has 2 saturated heterocycles. The maximum Gasteiger partial charge on any atom is 0.232 e. The van der Waals surface area contributed by atoms with E-state index in [2.05, 4.69) is 49.9 Å². The third kappa shape index (κ3) is 6.52. The number of nitrogens with zero attached hydrogens (tertiary/aromatic N) is 7. The highest BCUT2D eigenvalue weighted by Gasteiger charge is 2.27. The number of hydrogen-bond donors (Lipinski definition) is 1. The third-order valence-corrected chi connectivity index (χ3v) is 10.3. The first kappa shape index (κ1) is 30.3. The van der Waals surface area contributed by atoms with Crippen LogP contribution in [0.2, 0.25) is 0 Å². The van der Waals surface area contributed by atoms with Crippen LogP contribution >= 0.6 is 0 Å². The Labute approximate surface area is 259 Å². The summed E-state index contributed by atoms with van der Waals surface area (Å²) in [6, 6.07) is 14.6. The molecule has 2 aromatic carbocycles. The van der Waals surface area contributed by atoms with Crippen molar-refractivity contribution in [1.29, 1.82) is 0 Å². The summed E-state index contributed by atoms with van der Waals surface area (Å²) in [5, 5.41) is 0. The maximum absolute atomic E-state index is 12.3. The normalized spacial score (nSPS) is 17.3. The van der Waals surface area contributed by atoms with Crippen LogP contribution in [0.4, 0.5) is 11.4 Å². The van der Waals surface area contributed by atoms with Gasteiger partial charge in [0.15, 0.2) is 5.65 Å². The van der Waals surface area contributed by atoms with E-state index < -0.39 is 10.0 Å². The first-order valence-corrected chi connectivity index (χ1v) is 17.1. The Morgan fingerprint density at radius 3 is 2.45 bits per heavy atom. The minimum absolute atomic E-state index is 0.421. The number of sulfonamides is 1. The molecule has 2 aromatic heterocycles. The number of methoxy groups -OCH3 is 1. The summed E-state index contributed by atoms with van der Waals surface area (Å²) >= 11 is 0. The van der Waals surface area contributed by atoms with E-state index in [9.17, 15) is 8.42 Å². The van der Waals surface area contributed by atoms with Gasteiger partial charge in [-0.3, -0.25) is 9.21 Å². The largest absolute Gasteiger partial charge is 0.496 e. The maximum atomic E-state index is 12.3. The number of fused-ring (bicyclic) bond motifs is 1. The van der Waals surface area contributed by atoms with Gasteiger partial charge in [0.05, 0.1) is 31.1 Å². The molecule has 0 amide bonds. The molecule has 4 aromatic rings. The minimum atomic E-state index is -3.42. The van der Waals surface area contributed by atoms with Crippen LogP contribution < -0.4 is 13.9 Å². The van der Waals surface area contributed by atoms with Crippen molar-refractivity contribution in [3.63, 3.8) is 0 Å². The van der Waals surface area contributed by atoms with Gasteiger partial charge in [-0.1, -0.05) is 24.3 Å². The summed E-state index contributed by atoms with van der Waals surface area (Å²) in [6.07, 6.45) is 6.08. The van der Waals surface area contributed by atoms with Crippen molar-refractivity contribution in [2.45, 2.75) is 31.7 Å². The smallest absolute Gasteiger partial charge is 0.232 e. The number of para-hydroxylation sites is 1. The summed E-state index contributed by atoms with van der Waals surface area (Å²) in [5.74, 6) is 1.45. The molecule has 0 atom stereocenters. The predicted molar refractivity (Wildman–Crippen MR) is 174 cm³/mol. The number of H-pyrrole nitrogens is 1. The van der Waals surface area contributed by atoms with E-state index in [0.29, 0.717) is 36.0 Å². The Balaban J connectivity index is 1.20. The molecule has 0 spiro atoms. The lowest BCUT2D eigenvalue weighted by molar-refractivity contribution is 0.0982. The molecule has 234 valence electrons. The van der Waals surface area contributed by atoms with Crippen LogP contribution in [0, 0.1) is 0 Å². The van der Waals surface area contributed by atoms with E-state index >= 15 is 0 Å². The molecular weight excluding hydrogens is 576 g/mol. The minimum Gasteiger partial charge on any atom is -0.496 e. The number of anilines is 2. The van der Waals surface area contributed by atoms with Crippen LogP contribution in [0.5, 0.6) is 5.75 Å². The molecule has 0 radical (unpaired) electrons. The van der Waals surface area contributed by atoms with Crippen molar-refractivity contribution in [3.05, 3.63) is 71.4 Å². The van der Waals surface area contributed by atoms with Crippen LogP contribution in [-0.4, -0.2) is 111 Å². The number of aromatic nitrogens is 4. The van der Waals surface area contributed by atoms with Crippen LogP contribution in [0.25, 0.3) is 11.2 Å². The van der Waals surface area contributed by atoms with Crippen molar-refractivity contribution in [1.82, 2.24) is 29.7 Å². The summed E-state index contributed by atoms with van der Waals surface area (Å²) in [4.78, 5) is 24.8. The van der Waals surface area contributed by atoms with Gasteiger partial charge >= 0.3 is 0 Å². The summed E-state index contributed by atoms with van der Waals surface area (Å²) < 4.78 is 31.8. The van der Waals surface area contributed by atoms with E-state index in [1.807, 2.05) is 24.3 Å². The van der Waals surface area contributed by atoms with Gasteiger partial charge in [0.1, 0.15) is 17.1 Å². The molecule has 6 rings (SSSR count). The molecule has 2 aliphatic rings. The number of aromatic amines is 1. The zero-order valence-electron chi connectivity index (χ0n) is 26.0. The van der Waals surface area contributed by atoms with Gasteiger partial charge in [-0.2, -0.15) is 0 Å². The Hall–Kier alpha value is -3.74. The summed E-state index contributed by atoms with van der Waals surface area (Å²) in [6.45, 7) is 6.73. The van der Waals surface area contributed by atoms with Crippen molar-refractivity contribution in [3.8, 4) is 5.75 Å². The summed E-state index contributed by atoms with van der Waals surface area (Å²) in [7, 11) is 2.06. The first-order valence-electron chi connectivity index (χ1n) is 15.2. The van der Waals surface area contributed by atoms with Gasteiger partial charge in [0.2, 0.25) is 10.0 Å². The standard InChI is InChI=1S/C32H42N8O3S/c1-37-15-17-40(18-16-37)25-11-13-39(14-12-25)26-10-9-24(29(21-26)43-3)20-30-35-27(31-32(36-30)34-22-33-31)19-23-7-5-6-8-28(23)38(2)44(4,41)42/h5-10,21-22,25H,11-20H2,1-4H3,(H,33,34,35,36). The SMILES string of the molecule is COc1cc(N2CCC(N3CCN(C)CC3)CC2)ccc1Cc1nc(Cc2ccccc2N(C)S(C)(=O)=O)c2[nH]cnc2n1. The second-order valence-corrected chi connectivity index (χ2v) is 14.0. The second-order valence-electron chi connectivity index (χ2n) is 12.0. The van der Waals surface area contributed by atoms with Gasteiger partial charge in [-0.15, -0.1) is 0 Å². The molecule has 2 aliphatic heterocycles. The van der Waals surface area contributed by atoms with Crippen molar-refractivity contribution < 1.29 is 13.2 Å². The molecule has 0 bridgehead atoms. The lowest BCUT2D eigenvalue weighted by Crippen LogP contribution is -2.52. The highest BCUT2D eigenvalue weighted by Crippen LogP contribution is 2.31. The van der Waals surface area contributed by atoms with E-state index in [-0.39, 0.29) is 0 Å². The van der Waals surface area contributed by atoms with Crippen molar-refractivity contribution >= 4 is 32.6 Å². The Morgan fingerprint density at radius 2 is 1.73 bits per heavy atom. The summed E-state index contributed by atoms with van der Waals surface area (Å²) in [5.41, 5.74) is 5.73. The average molecular weight is 619 g/mol. The van der Waals surface area contributed by atoms with Gasteiger partial charge in [-0.25, -0.2) is 23.4 Å². The number of nitrogens with one attached hydrogen (secondary N) is 1. The van der Waals surface area contributed by atoms with Gasteiger partial charge < -0.3 is 19.5 Å². The molecule has 44 heavy (non-hydrogen) atoms. The van der Waals surface area contributed by atoms with Crippen molar-refractivity contribution in [2.75, 3.05) is 75.9 Å². The lowest BCUT2D eigenvalue weighted by atomic mass is 10.0. The zero-order chi connectivity index (χ0) is 30.8. The van der Waals surface area contributed by atoms with Crippen LogP contribution in [0.1, 0.15) is 35.5 Å². The van der Waals surface area contributed by atoms with Gasteiger partial charge in [0.25, 0.3) is 0 Å². The molecule has 0 unspecified atom stereocenters. The predicted octanol–water partition coefficient (Wildman–Crippen LogP) is 3.16. The van der Waals surface area contributed by atoms with Gasteiger partial charge in [0, 0.05) is 82.5 Å². The third-order valence-electron chi connectivity index (χ3n) is 9.10. The van der Waals surface area contributed by atoms with Crippen LogP contribution in [-0.2, 0) is 22.9 Å². The van der Waals surface area contributed by atoms with E-state index in [1.165, 1.54) is 42.2 Å². The Kier molecular flexibility index (Phi) is 8.75. The molecule has 11 nitrogen and oxygen atoms in total. The van der Waals surface area contributed by atoms with E-state index in [4.69, 9.17) is 14.7 Å². The van der Waals surface area contributed by atoms with Crippen molar-refractivity contribution in [2.24, 2.45) is 0 Å². The zero-order valence-corrected chi connectivity index (χ0v) is 26.8. The number of piperidine rings is 1. The number of imidazole rings is 1. The van der Waals surface area contributed by atoms with Crippen LogP contribution in [0.3, 0.4) is 0 Å². The highest BCUT2D eigenvalue weighted by molar-refractivity contribution is 7.92. The fourth-order valence-electron chi connectivity index (χ4n) is 6.40. The fourth-order valence-corrected chi connectivity index (χ4v) is 6.93. The second kappa shape index (κ2) is 12.7. The topological polar surface area (TPSA) is 111 Å². The molecule has 1 N–H and O–H groups in total. The molecule has 2 fully saturated rings. The van der Waals surface area contributed by atoms with Gasteiger partial charge in [-0.05, 0) is 37.6 Å². The number of piperazine rings is 1. The molecular formula is C32H42N8O3S. The number of likely N-dealkylation sites (N-methyl/N-ethyl adjacent to an activating group) is 1. The van der Waals surface area contributed by atoms with E-state index in [1.54, 1.807) is 20.5 Å². The molecule has 0 aliphatic carbocycles. The fraction of sp³-hybridized carbons (Fsp3) is 0.469. The number of rotatable bonds is 9. The van der Waals surface area contributed by atoms with Crippen LogP contribution in [0.15, 0.2) is 48.8 Å². The number of hydrogen-bond acceptors (Lipinski definition) is 9. The quantitative estimate of drug-likeness (QED) is 0.303. The number of ether oxygens (including phenoxy) is 1. The lowest BCUT2D eigenvalue weighted by Gasteiger charge is -2.42. The highest BCUT2D eigenvalue weighted by atomic mass is 32.2. The average Bonchev–Trinajstić information content (AvgIpc) is 3.50. The monoisotopic (exact) mass is 618 g/mol. The first-order chi connectivity index (χ1) is 21.2. The molecule has 4 heterocycles. The number of benzene rings is 2.